The highest BCUT2D eigenvalue weighted by atomic mass is 16.4. The number of benzene rings is 1. The number of carbonyl (C=O) groups excluding carboxylic acids is 1. The number of aryl methyl sites for hydroxylation is 1. The normalized spacial score (nSPS) is 18.6. The van der Waals surface area contributed by atoms with Crippen molar-refractivity contribution in [1.29, 1.82) is 0 Å². The summed E-state index contributed by atoms with van der Waals surface area (Å²) in [6.45, 7) is 5.73. The number of aromatic carboxylic acids is 1. The maximum Gasteiger partial charge on any atom is 0.336 e. The van der Waals surface area contributed by atoms with E-state index in [0.29, 0.717) is 11.4 Å². The van der Waals surface area contributed by atoms with Crippen LogP contribution in [0.4, 0.5) is 0 Å². The van der Waals surface area contributed by atoms with Gasteiger partial charge in [-0.25, -0.2) is 4.79 Å². The van der Waals surface area contributed by atoms with Crippen LogP contribution in [0.25, 0.3) is 0 Å². The molecule has 1 unspecified atom stereocenters. The van der Waals surface area contributed by atoms with E-state index in [2.05, 4.69) is 4.99 Å². The van der Waals surface area contributed by atoms with Gasteiger partial charge in [0, 0.05) is 12.6 Å². The summed E-state index contributed by atoms with van der Waals surface area (Å²) in [6.07, 6.45) is 0. The van der Waals surface area contributed by atoms with Gasteiger partial charge in [0.05, 0.1) is 5.56 Å². The quantitative estimate of drug-likeness (QED) is 0.914. The molecule has 0 bridgehead atoms. The van der Waals surface area contributed by atoms with E-state index in [0.717, 1.165) is 5.56 Å². The topological polar surface area (TPSA) is 70.0 Å². The zero-order valence-corrected chi connectivity index (χ0v) is 12.0. The zero-order valence-electron chi connectivity index (χ0n) is 12.0. The fourth-order valence-corrected chi connectivity index (χ4v) is 2.56. The lowest BCUT2D eigenvalue weighted by Gasteiger charge is -2.25. The zero-order chi connectivity index (χ0) is 15.0. The van der Waals surface area contributed by atoms with Crippen LogP contribution < -0.4 is 0 Å². The predicted octanol–water partition coefficient (Wildman–Crippen LogP) is 1.94. The average Bonchev–Trinajstić information content (AvgIpc) is 2.64. The Balaban J connectivity index is 2.51. The number of amides is 1. The van der Waals surface area contributed by atoms with Crippen LogP contribution in [0.5, 0.6) is 0 Å². The summed E-state index contributed by atoms with van der Waals surface area (Å²) in [6, 6.07) is 4.81. The second-order valence-corrected chi connectivity index (χ2v) is 5.43. The fourth-order valence-electron chi connectivity index (χ4n) is 2.56. The maximum atomic E-state index is 12.0. The SMILES string of the molecule is Cc1ccc(C2=NC(=O)C(C(C)C)N2C)c(C(=O)O)c1. The molecule has 106 valence electrons. The minimum absolute atomic E-state index is 0.118. The van der Waals surface area contributed by atoms with Gasteiger partial charge in [-0.15, -0.1) is 0 Å². The Morgan fingerprint density at radius 1 is 1.40 bits per heavy atom. The van der Waals surface area contributed by atoms with E-state index < -0.39 is 5.97 Å². The summed E-state index contributed by atoms with van der Waals surface area (Å²) in [4.78, 5) is 29.2. The highest BCUT2D eigenvalue weighted by Crippen LogP contribution is 2.24. The molecule has 0 fully saturated rings. The average molecular weight is 274 g/mol. The molecule has 1 aromatic rings. The molecule has 1 aliphatic heterocycles. The molecule has 1 amide bonds. The number of carboxylic acids is 1. The van der Waals surface area contributed by atoms with Crippen molar-refractivity contribution in [3.8, 4) is 0 Å². The Morgan fingerprint density at radius 3 is 2.55 bits per heavy atom. The highest BCUT2D eigenvalue weighted by molar-refractivity contribution is 6.15. The van der Waals surface area contributed by atoms with Gasteiger partial charge in [0.25, 0.3) is 5.91 Å². The summed E-state index contributed by atoms with van der Waals surface area (Å²) >= 11 is 0. The molecule has 5 heteroatoms. The fraction of sp³-hybridized carbons (Fsp3) is 0.400. The molecule has 0 aromatic heterocycles. The lowest BCUT2D eigenvalue weighted by Crippen LogP contribution is -2.39. The number of amidine groups is 1. The molecule has 0 saturated heterocycles. The second-order valence-electron chi connectivity index (χ2n) is 5.43. The van der Waals surface area contributed by atoms with Gasteiger partial charge in [-0.05, 0) is 18.9 Å². The number of nitrogens with zero attached hydrogens (tertiary/aromatic N) is 2. The van der Waals surface area contributed by atoms with Crippen molar-refractivity contribution in [3.63, 3.8) is 0 Å². The molecule has 2 rings (SSSR count). The summed E-state index contributed by atoms with van der Waals surface area (Å²) in [5, 5.41) is 9.32. The van der Waals surface area contributed by atoms with E-state index in [-0.39, 0.29) is 23.4 Å². The van der Waals surface area contributed by atoms with Crippen molar-refractivity contribution < 1.29 is 14.7 Å². The molecule has 1 aromatic carbocycles. The Labute approximate surface area is 117 Å². The van der Waals surface area contributed by atoms with Gasteiger partial charge >= 0.3 is 5.97 Å². The molecule has 1 atom stereocenters. The monoisotopic (exact) mass is 274 g/mol. The van der Waals surface area contributed by atoms with E-state index >= 15 is 0 Å². The summed E-state index contributed by atoms with van der Waals surface area (Å²) < 4.78 is 0. The Hall–Kier alpha value is -2.17. The molecule has 1 N–H and O–H groups in total. The van der Waals surface area contributed by atoms with Crippen molar-refractivity contribution in [1.82, 2.24) is 4.90 Å². The van der Waals surface area contributed by atoms with Gasteiger partial charge in [0.15, 0.2) is 0 Å². The third kappa shape index (κ3) is 2.31. The first kappa shape index (κ1) is 14.2. The van der Waals surface area contributed by atoms with E-state index in [1.807, 2.05) is 26.8 Å². The number of hydrogen-bond acceptors (Lipinski definition) is 3. The van der Waals surface area contributed by atoms with Crippen molar-refractivity contribution in [2.75, 3.05) is 7.05 Å². The standard InChI is InChI=1S/C15H18N2O3/c1-8(2)12-14(18)16-13(17(12)4)10-6-5-9(3)7-11(10)15(19)20/h5-8,12H,1-4H3,(H,19,20). The lowest BCUT2D eigenvalue weighted by atomic mass is 10.0. The van der Waals surface area contributed by atoms with Crippen LogP contribution in [0.3, 0.4) is 0 Å². The minimum atomic E-state index is -1.01. The Morgan fingerprint density at radius 2 is 2.05 bits per heavy atom. The number of hydrogen-bond donors (Lipinski definition) is 1. The lowest BCUT2D eigenvalue weighted by molar-refractivity contribution is -0.121. The van der Waals surface area contributed by atoms with Gasteiger partial charge in [0.2, 0.25) is 0 Å². The van der Waals surface area contributed by atoms with Crippen molar-refractivity contribution in [2.45, 2.75) is 26.8 Å². The first-order chi connectivity index (χ1) is 9.32. The van der Waals surface area contributed by atoms with E-state index in [1.54, 1.807) is 24.1 Å². The van der Waals surface area contributed by atoms with Gasteiger partial charge in [0.1, 0.15) is 11.9 Å². The van der Waals surface area contributed by atoms with Gasteiger partial charge < -0.3 is 10.0 Å². The third-order valence-electron chi connectivity index (χ3n) is 3.50. The van der Waals surface area contributed by atoms with Crippen molar-refractivity contribution >= 4 is 17.7 Å². The first-order valence-electron chi connectivity index (χ1n) is 6.52. The number of likely N-dealkylation sites (N-methyl/N-ethyl adjacent to an activating group) is 1. The highest BCUT2D eigenvalue weighted by Gasteiger charge is 2.36. The predicted molar refractivity (Wildman–Crippen MR) is 76.1 cm³/mol. The smallest absolute Gasteiger partial charge is 0.336 e. The molecule has 5 nitrogen and oxygen atoms in total. The number of aliphatic imine (C=N–C) groups is 1. The largest absolute Gasteiger partial charge is 0.478 e. The molecular weight excluding hydrogens is 256 g/mol. The third-order valence-corrected chi connectivity index (χ3v) is 3.50. The molecule has 0 spiro atoms. The number of rotatable bonds is 3. The van der Waals surface area contributed by atoms with Crippen LogP contribution in [-0.2, 0) is 4.79 Å². The second kappa shape index (κ2) is 5.07. The maximum absolute atomic E-state index is 12.0. The van der Waals surface area contributed by atoms with Crippen LogP contribution in [0.1, 0.15) is 35.3 Å². The van der Waals surface area contributed by atoms with Crippen LogP contribution in [0.2, 0.25) is 0 Å². The van der Waals surface area contributed by atoms with Crippen LogP contribution in [0, 0.1) is 12.8 Å². The van der Waals surface area contributed by atoms with Gasteiger partial charge in [-0.3, -0.25) is 4.79 Å². The van der Waals surface area contributed by atoms with Crippen LogP contribution in [0.15, 0.2) is 23.2 Å². The Kier molecular flexibility index (Phi) is 3.61. The van der Waals surface area contributed by atoms with E-state index in [1.165, 1.54) is 0 Å². The summed E-state index contributed by atoms with van der Waals surface area (Å²) in [7, 11) is 1.78. The van der Waals surface area contributed by atoms with Gasteiger partial charge in [-0.2, -0.15) is 4.99 Å². The molecule has 0 saturated carbocycles. The first-order valence-corrected chi connectivity index (χ1v) is 6.52. The number of carbonyl (C=O) groups is 2. The molecule has 20 heavy (non-hydrogen) atoms. The minimum Gasteiger partial charge on any atom is -0.478 e. The van der Waals surface area contributed by atoms with Crippen molar-refractivity contribution in [2.24, 2.45) is 10.9 Å². The Bertz CT molecular complexity index is 605. The summed E-state index contributed by atoms with van der Waals surface area (Å²) in [5.74, 6) is -0.673. The van der Waals surface area contributed by atoms with Gasteiger partial charge in [-0.1, -0.05) is 31.5 Å². The van der Waals surface area contributed by atoms with Crippen LogP contribution in [-0.4, -0.2) is 40.8 Å². The summed E-state index contributed by atoms with van der Waals surface area (Å²) in [5.41, 5.74) is 1.52. The molecule has 0 aliphatic carbocycles. The van der Waals surface area contributed by atoms with Crippen LogP contribution >= 0.6 is 0 Å². The van der Waals surface area contributed by atoms with Crippen molar-refractivity contribution in [3.05, 3.63) is 34.9 Å². The van der Waals surface area contributed by atoms with E-state index in [4.69, 9.17) is 0 Å². The van der Waals surface area contributed by atoms with E-state index in [9.17, 15) is 14.7 Å². The number of carboxylic acid groups (broad SMARTS) is 1. The molecular formula is C15H18N2O3. The molecule has 1 heterocycles. The molecule has 1 aliphatic rings. The molecule has 0 radical (unpaired) electrons.